The van der Waals surface area contributed by atoms with Crippen LogP contribution in [0.3, 0.4) is 0 Å². The number of hydrogen-bond donors (Lipinski definition) is 1. The van der Waals surface area contributed by atoms with Gasteiger partial charge in [-0.3, -0.25) is 0 Å². The van der Waals surface area contributed by atoms with Crippen LogP contribution in [-0.4, -0.2) is 7.11 Å². The maximum atomic E-state index is 5.49. The van der Waals surface area contributed by atoms with Crippen LogP contribution in [0.25, 0.3) is 0 Å². The van der Waals surface area contributed by atoms with E-state index in [1.54, 1.807) is 7.11 Å². The zero-order valence-electron chi connectivity index (χ0n) is 12.8. The summed E-state index contributed by atoms with van der Waals surface area (Å²) in [6, 6.07) is 19.8. The molecule has 0 heterocycles. The molecule has 1 fully saturated rings. The molecule has 2 atom stereocenters. The van der Waals surface area contributed by atoms with Gasteiger partial charge >= 0.3 is 0 Å². The number of methoxy groups -OCH3 is 1. The van der Waals surface area contributed by atoms with Gasteiger partial charge < -0.3 is 10.1 Å². The van der Waals surface area contributed by atoms with Crippen molar-refractivity contribution in [3.8, 4) is 5.75 Å². The Balaban J connectivity index is 1.80. The van der Waals surface area contributed by atoms with E-state index in [-0.39, 0.29) is 6.04 Å². The van der Waals surface area contributed by atoms with Gasteiger partial charge in [-0.15, -0.1) is 0 Å². The molecule has 0 amide bonds. The summed E-state index contributed by atoms with van der Waals surface area (Å²) in [5.41, 5.74) is 2.61. The number of rotatable bonds is 6. The Hall–Kier alpha value is -1.80. The van der Waals surface area contributed by atoms with Crippen LogP contribution in [0.1, 0.15) is 43.0 Å². The summed E-state index contributed by atoms with van der Waals surface area (Å²) in [6.45, 7) is 2.22. The van der Waals surface area contributed by atoms with Gasteiger partial charge in [0.2, 0.25) is 0 Å². The Bertz CT molecular complexity index is 577. The summed E-state index contributed by atoms with van der Waals surface area (Å²) in [5, 5.41) is 3.81. The normalized spacial score (nSPS) is 17.2. The summed E-state index contributed by atoms with van der Waals surface area (Å²) in [7, 11) is 1.74. The minimum Gasteiger partial charge on any atom is -0.496 e. The smallest absolute Gasteiger partial charge is 0.123 e. The Morgan fingerprint density at radius 2 is 1.67 bits per heavy atom. The molecule has 2 nitrogen and oxygen atoms in total. The first-order valence-electron chi connectivity index (χ1n) is 7.73. The van der Waals surface area contributed by atoms with Crippen LogP contribution in [0, 0.1) is 5.92 Å². The van der Waals surface area contributed by atoms with E-state index >= 15 is 0 Å². The largest absolute Gasteiger partial charge is 0.496 e. The van der Waals surface area contributed by atoms with Gasteiger partial charge in [0.1, 0.15) is 5.75 Å². The van der Waals surface area contributed by atoms with Crippen LogP contribution < -0.4 is 10.1 Å². The van der Waals surface area contributed by atoms with E-state index < -0.39 is 0 Å². The number of ether oxygens (including phenoxy) is 1. The first-order valence-corrected chi connectivity index (χ1v) is 7.73. The van der Waals surface area contributed by atoms with Gasteiger partial charge in [-0.05, 0) is 37.3 Å². The van der Waals surface area contributed by atoms with Crippen molar-refractivity contribution in [3.63, 3.8) is 0 Å². The van der Waals surface area contributed by atoms with Gasteiger partial charge in [-0.25, -0.2) is 0 Å². The van der Waals surface area contributed by atoms with Gasteiger partial charge in [0.05, 0.1) is 7.11 Å². The molecule has 0 aromatic heterocycles. The molecule has 0 aliphatic heterocycles. The van der Waals surface area contributed by atoms with Crippen LogP contribution in [0.2, 0.25) is 0 Å². The lowest BCUT2D eigenvalue weighted by molar-refractivity contribution is 0.385. The summed E-state index contributed by atoms with van der Waals surface area (Å²) in [4.78, 5) is 0. The maximum absolute atomic E-state index is 5.49. The SMILES string of the molecule is COc1ccccc1[C@@H](C)NC(c1ccccc1)C1CC1. The predicted molar refractivity (Wildman–Crippen MR) is 86.5 cm³/mol. The van der Waals surface area contributed by atoms with Crippen LogP contribution in [0.15, 0.2) is 54.6 Å². The number of hydrogen-bond acceptors (Lipinski definition) is 2. The molecule has 1 saturated carbocycles. The molecule has 21 heavy (non-hydrogen) atoms. The second-order valence-electron chi connectivity index (χ2n) is 5.86. The molecular formula is C19H23NO. The van der Waals surface area contributed by atoms with Gasteiger partial charge in [0, 0.05) is 17.6 Å². The lowest BCUT2D eigenvalue weighted by atomic mass is 9.99. The number of benzene rings is 2. The molecule has 0 bridgehead atoms. The fourth-order valence-corrected chi connectivity index (χ4v) is 2.98. The third-order valence-electron chi connectivity index (χ3n) is 4.29. The van der Waals surface area contributed by atoms with Crippen LogP contribution in [0.5, 0.6) is 5.75 Å². The Morgan fingerprint density at radius 3 is 2.33 bits per heavy atom. The van der Waals surface area contributed by atoms with E-state index in [0.29, 0.717) is 6.04 Å². The lowest BCUT2D eigenvalue weighted by Gasteiger charge is -2.25. The highest BCUT2D eigenvalue weighted by Crippen LogP contribution is 2.42. The van der Waals surface area contributed by atoms with E-state index in [1.165, 1.54) is 24.0 Å². The van der Waals surface area contributed by atoms with Gasteiger partial charge in [-0.1, -0.05) is 48.5 Å². The third-order valence-corrected chi connectivity index (χ3v) is 4.29. The lowest BCUT2D eigenvalue weighted by Crippen LogP contribution is -2.26. The van der Waals surface area contributed by atoms with Gasteiger partial charge in [-0.2, -0.15) is 0 Å². The van der Waals surface area contributed by atoms with Crippen LogP contribution >= 0.6 is 0 Å². The topological polar surface area (TPSA) is 21.3 Å². The zero-order chi connectivity index (χ0) is 14.7. The monoisotopic (exact) mass is 281 g/mol. The molecule has 0 spiro atoms. The Kier molecular flexibility index (Phi) is 4.26. The first-order chi connectivity index (χ1) is 10.3. The second kappa shape index (κ2) is 6.31. The zero-order valence-corrected chi connectivity index (χ0v) is 12.8. The van der Waals surface area contributed by atoms with E-state index in [0.717, 1.165) is 11.7 Å². The number of para-hydroxylation sites is 1. The number of nitrogens with one attached hydrogen (secondary N) is 1. The third kappa shape index (κ3) is 3.27. The average Bonchev–Trinajstić information content (AvgIpc) is 3.38. The van der Waals surface area contributed by atoms with Crippen molar-refractivity contribution in [2.45, 2.75) is 31.8 Å². The fraction of sp³-hybridized carbons (Fsp3) is 0.368. The molecule has 1 unspecified atom stereocenters. The minimum absolute atomic E-state index is 0.270. The van der Waals surface area contributed by atoms with Crippen molar-refractivity contribution in [2.24, 2.45) is 5.92 Å². The van der Waals surface area contributed by atoms with E-state index in [1.807, 2.05) is 12.1 Å². The highest BCUT2D eigenvalue weighted by atomic mass is 16.5. The van der Waals surface area contributed by atoms with Crippen molar-refractivity contribution in [1.29, 1.82) is 0 Å². The van der Waals surface area contributed by atoms with Crippen molar-refractivity contribution in [2.75, 3.05) is 7.11 Å². The van der Waals surface area contributed by atoms with Crippen molar-refractivity contribution in [3.05, 3.63) is 65.7 Å². The fourth-order valence-electron chi connectivity index (χ4n) is 2.98. The summed E-state index contributed by atoms with van der Waals surface area (Å²) in [6.07, 6.45) is 2.65. The second-order valence-corrected chi connectivity index (χ2v) is 5.86. The molecule has 3 rings (SSSR count). The van der Waals surface area contributed by atoms with E-state index in [9.17, 15) is 0 Å². The molecular weight excluding hydrogens is 258 g/mol. The van der Waals surface area contributed by atoms with Gasteiger partial charge in [0.15, 0.2) is 0 Å². The van der Waals surface area contributed by atoms with Crippen LogP contribution in [-0.2, 0) is 0 Å². The van der Waals surface area contributed by atoms with Crippen molar-refractivity contribution >= 4 is 0 Å². The van der Waals surface area contributed by atoms with Crippen molar-refractivity contribution in [1.82, 2.24) is 5.32 Å². The Labute approximate surface area is 127 Å². The molecule has 2 heteroatoms. The minimum atomic E-state index is 0.270. The van der Waals surface area contributed by atoms with Gasteiger partial charge in [0.25, 0.3) is 0 Å². The molecule has 0 saturated heterocycles. The van der Waals surface area contributed by atoms with Crippen molar-refractivity contribution < 1.29 is 4.74 Å². The summed E-state index contributed by atoms with van der Waals surface area (Å²) >= 11 is 0. The molecule has 1 N–H and O–H groups in total. The summed E-state index contributed by atoms with van der Waals surface area (Å²) in [5.74, 6) is 1.73. The maximum Gasteiger partial charge on any atom is 0.123 e. The molecule has 1 aliphatic carbocycles. The highest BCUT2D eigenvalue weighted by molar-refractivity contribution is 5.36. The quantitative estimate of drug-likeness (QED) is 0.842. The summed E-state index contributed by atoms with van der Waals surface area (Å²) < 4.78 is 5.49. The van der Waals surface area contributed by atoms with E-state index in [2.05, 4.69) is 54.7 Å². The molecule has 110 valence electrons. The molecule has 0 radical (unpaired) electrons. The average molecular weight is 281 g/mol. The molecule has 1 aliphatic rings. The Morgan fingerprint density at radius 1 is 1.00 bits per heavy atom. The highest BCUT2D eigenvalue weighted by Gasteiger charge is 2.33. The standard InChI is InChI=1S/C19H23NO/c1-14(17-10-6-7-11-18(17)21-2)20-19(16-12-13-16)15-8-4-3-5-9-15/h3-11,14,16,19-20H,12-13H2,1-2H3/t14-,19?/m1/s1. The predicted octanol–water partition coefficient (Wildman–Crippen LogP) is 4.50. The molecule has 2 aromatic rings. The first kappa shape index (κ1) is 14.2. The molecule has 2 aromatic carbocycles. The van der Waals surface area contributed by atoms with Crippen LogP contribution in [0.4, 0.5) is 0 Å². The van der Waals surface area contributed by atoms with E-state index in [4.69, 9.17) is 4.74 Å².